The smallest absolute Gasteiger partial charge is 0.336 e. The van der Waals surface area contributed by atoms with Crippen molar-refractivity contribution in [3.8, 4) is 6.07 Å². The average Bonchev–Trinajstić information content (AvgIpc) is 2.38. The summed E-state index contributed by atoms with van der Waals surface area (Å²) in [5, 5.41) is 8.36. The van der Waals surface area contributed by atoms with Gasteiger partial charge in [0.05, 0.1) is 37.8 Å². The molecule has 0 aliphatic carbocycles. The van der Waals surface area contributed by atoms with Crippen LogP contribution in [0.3, 0.4) is 0 Å². The molecule has 1 aliphatic rings. The molecule has 0 radical (unpaired) electrons. The van der Waals surface area contributed by atoms with Crippen molar-refractivity contribution in [1.29, 1.82) is 5.26 Å². The fourth-order valence-electron chi connectivity index (χ4n) is 1.43. The Balaban J connectivity index is 2.41. The first-order chi connectivity index (χ1) is 8.19. The third-order valence-corrected chi connectivity index (χ3v) is 3.06. The number of ether oxygens (including phenoxy) is 2. The zero-order valence-corrected chi connectivity index (χ0v) is 10.4. The molecule has 1 heterocycles. The minimum Gasteiger partial charge on any atom is -0.467 e. The molecule has 7 heteroatoms. The first kappa shape index (κ1) is 13.8. The Hall–Kier alpha value is -1.26. The lowest BCUT2D eigenvalue weighted by Gasteiger charge is -2.31. The van der Waals surface area contributed by atoms with E-state index in [0.717, 1.165) is 0 Å². The van der Waals surface area contributed by atoms with Crippen molar-refractivity contribution in [3.05, 3.63) is 0 Å². The van der Waals surface area contributed by atoms with Crippen LogP contribution in [0.4, 0.5) is 0 Å². The van der Waals surface area contributed by atoms with Crippen molar-refractivity contribution in [2.24, 2.45) is 0 Å². The highest BCUT2D eigenvalue weighted by Gasteiger charge is 2.29. The third-order valence-electron chi connectivity index (χ3n) is 2.28. The van der Waals surface area contributed by atoms with Gasteiger partial charge < -0.3 is 14.4 Å². The van der Waals surface area contributed by atoms with Gasteiger partial charge in [-0.25, -0.2) is 4.79 Å². The van der Waals surface area contributed by atoms with Gasteiger partial charge in [-0.15, -0.1) is 11.8 Å². The second-order valence-corrected chi connectivity index (χ2v) is 4.36. The van der Waals surface area contributed by atoms with E-state index in [1.165, 1.54) is 18.9 Å². The Labute approximate surface area is 104 Å². The molecule has 0 N–H and O–H groups in total. The summed E-state index contributed by atoms with van der Waals surface area (Å²) in [5.41, 5.74) is 0. The number of esters is 1. The molecule has 1 unspecified atom stereocenters. The van der Waals surface area contributed by atoms with Crippen molar-refractivity contribution in [1.82, 2.24) is 4.90 Å². The standard InChI is InChI=1S/C10H14N2O4S/c1-15-10(14)8-6-12(3-4-16-8)9(13)7-17-5-2-11/h8H,3-7H2,1H3. The second kappa shape index (κ2) is 7.14. The molecule has 0 aromatic heterocycles. The molecule has 0 aromatic rings. The van der Waals surface area contributed by atoms with E-state index >= 15 is 0 Å². The summed E-state index contributed by atoms with van der Waals surface area (Å²) in [6, 6.07) is 1.96. The molecule has 1 saturated heterocycles. The number of nitriles is 1. The molecule has 17 heavy (non-hydrogen) atoms. The van der Waals surface area contributed by atoms with Gasteiger partial charge >= 0.3 is 5.97 Å². The maximum Gasteiger partial charge on any atom is 0.336 e. The number of morpholine rings is 1. The largest absolute Gasteiger partial charge is 0.467 e. The highest BCUT2D eigenvalue weighted by molar-refractivity contribution is 8.00. The summed E-state index contributed by atoms with van der Waals surface area (Å²) in [6.45, 7) is 1.02. The Morgan fingerprint density at radius 1 is 1.65 bits per heavy atom. The van der Waals surface area contributed by atoms with Crippen molar-refractivity contribution in [2.45, 2.75) is 6.10 Å². The molecule has 6 nitrogen and oxygen atoms in total. The molecular formula is C10H14N2O4S. The zero-order valence-electron chi connectivity index (χ0n) is 9.55. The highest BCUT2D eigenvalue weighted by Crippen LogP contribution is 2.09. The van der Waals surface area contributed by atoms with Crippen LogP contribution in [-0.4, -0.2) is 61.2 Å². The molecule has 1 aliphatic heterocycles. The number of methoxy groups -OCH3 is 1. The van der Waals surface area contributed by atoms with Crippen LogP contribution in [-0.2, 0) is 19.1 Å². The lowest BCUT2D eigenvalue weighted by atomic mass is 10.2. The van der Waals surface area contributed by atoms with Crippen molar-refractivity contribution in [3.63, 3.8) is 0 Å². The third kappa shape index (κ3) is 4.24. The number of hydrogen-bond acceptors (Lipinski definition) is 6. The van der Waals surface area contributed by atoms with Crippen LogP contribution in [0.1, 0.15) is 0 Å². The SMILES string of the molecule is COC(=O)C1CN(C(=O)CSCC#N)CCO1. The summed E-state index contributed by atoms with van der Waals surface area (Å²) >= 11 is 1.26. The van der Waals surface area contributed by atoms with Crippen molar-refractivity contribution >= 4 is 23.6 Å². The lowest BCUT2D eigenvalue weighted by Crippen LogP contribution is -2.49. The number of rotatable bonds is 4. The molecule has 0 bridgehead atoms. The first-order valence-corrected chi connectivity index (χ1v) is 6.26. The molecule has 0 saturated carbocycles. The predicted octanol–water partition coefficient (Wildman–Crippen LogP) is -0.356. The van der Waals surface area contributed by atoms with E-state index in [9.17, 15) is 9.59 Å². The number of nitrogens with zero attached hydrogens (tertiary/aromatic N) is 2. The summed E-state index contributed by atoms with van der Waals surface area (Å²) in [6.07, 6.45) is -0.696. The highest BCUT2D eigenvalue weighted by atomic mass is 32.2. The van der Waals surface area contributed by atoms with Crippen LogP contribution >= 0.6 is 11.8 Å². The van der Waals surface area contributed by atoms with E-state index in [1.807, 2.05) is 6.07 Å². The molecule has 0 spiro atoms. The van der Waals surface area contributed by atoms with E-state index < -0.39 is 12.1 Å². The molecule has 1 rings (SSSR count). The molecule has 94 valence electrons. The monoisotopic (exact) mass is 258 g/mol. The number of carbonyl (C=O) groups is 2. The molecule has 1 fully saturated rings. The van der Waals surface area contributed by atoms with Gasteiger partial charge in [0, 0.05) is 6.54 Å². The molecule has 1 amide bonds. The number of amides is 1. The quantitative estimate of drug-likeness (QED) is 0.506. The number of carbonyl (C=O) groups excluding carboxylic acids is 2. The van der Waals surface area contributed by atoms with Gasteiger partial charge in [0.2, 0.25) is 5.91 Å². The van der Waals surface area contributed by atoms with Gasteiger partial charge in [-0.2, -0.15) is 5.26 Å². The van der Waals surface area contributed by atoms with Crippen LogP contribution in [0.15, 0.2) is 0 Å². The van der Waals surface area contributed by atoms with E-state index in [-0.39, 0.29) is 24.0 Å². The van der Waals surface area contributed by atoms with E-state index in [4.69, 9.17) is 10.00 Å². The lowest BCUT2D eigenvalue weighted by molar-refractivity contribution is -0.161. The Kier molecular flexibility index (Phi) is 5.80. The minimum absolute atomic E-state index is 0.0811. The maximum absolute atomic E-state index is 11.7. The van der Waals surface area contributed by atoms with Gasteiger partial charge in [0.25, 0.3) is 0 Å². The predicted molar refractivity (Wildman–Crippen MR) is 61.3 cm³/mol. The molecule has 1 atom stereocenters. The van der Waals surface area contributed by atoms with Gasteiger partial charge in [0.15, 0.2) is 6.10 Å². The number of hydrogen-bond donors (Lipinski definition) is 0. The fraction of sp³-hybridized carbons (Fsp3) is 0.700. The Bertz CT molecular complexity index is 329. The summed E-state index contributed by atoms with van der Waals surface area (Å²) in [7, 11) is 1.29. The molecule has 0 aromatic carbocycles. The van der Waals surface area contributed by atoms with Gasteiger partial charge in [-0.05, 0) is 0 Å². The van der Waals surface area contributed by atoms with Gasteiger partial charge in [-0.1, -0.05) is 0 Å². The minimum atomic E-state index is -0.696. The van der Waals surface area contributed by atoms with Crippen LogP contribution in [0.5, 0.6) is 0 Å². The van der Waals surface area contributed by atoms with Crippen LogP contribution < -0.4 is 0 Å². The number of thioether (sulfide) groups is 1. The summed E-state index contributed by atoms with van der Waals surface area (Å²) < 4.78 is 9.78. The second-order valence-electron chi connectivity index (χ2n) is 3.37. The van der Waals surface area contributed by atoms with E-state index in [2.05, 4.69) is 4.74 Å². The van der Waals surface area contributed by atoms with Crippen LogP contribution in [0.2, 0.25) is 0 Å². The Morgan fingerprint density at radius 2 is 2.41 bits per heavy atom. The van der Waals surface area contributed by atoms with Gasteiger partial charge in [-0.3, -0.25) is 4.79 Å². The summed E-state index contributed by atoms with van der Waals surface area (Å²) in [4.78, 5) is 24.5. The maximum atomic E-state index is 11.7. The van der Waals surface area contributed by atoms with Crippen LogP contribution in [0.25, 0.3) is 0 Å². The first-order valence-electron chi connectivity index (χ1n) is 5.11. The van der Waals surface area contributed by atoms with Gasteiger partial charge in [0.1, 0.15) is 0 Å². The van der Waals surface area contributed by atoms with E-state index in [1.54, 1.807) is 4.90 Å². The Morgan fingerprint density at radius 3 is 3.06 bits per heavy atom. The summed E-state index contributed by atoms with van der Waals surface area (Å²) in [5.74, 6) is -0.00699. The van der Waals surface area contributed by atoms with Crippen molar-refractivity contribution in [2.75, 3.05) is 38.3 Å². The van der Waals surface area contributed by atoms with E-state index in [0.29, 0.717) is 13.2 Å². The van der Waals surface area contributed by atoms with Crippen LogP contribution in [0, 0.1) is 11.3 Å². The zero-order chi connectivity index (χ0) is 12.7. The average molecular weight is 258 g/mol. The fourth-order valence-corrected chi connectivity index (χ4v) is 1.98. The molecular weight excluding hydrogens is 244 g/mol. The normalized spacial score (nSPS) is 19.5. The topological polar surface area (TPSA) is 79.6 Å². The van der Waals surface area contributed by atoms with Crippen molar-refractivity contribution < 1.29 is 19.1 Å².